The van der Waals surface area contributed by atoms with E-state index in [0.717, 1.165) is 12.3 Å². The van der Waals surface area contributed by atoms with Crippen molar-refractivity contribution < 1.29 is 4.74 Å². The number of ether oxygens (including phenoxy) is 1. The Kier molecular flexibility index (Phi) is 5.50. The van der Waals surface area contributed by atoms with Crippen LogP contribution in [0.1, 0.15) is 24.1 Å². The van der Waals surface area contributed by atoms with E-state index in [-0.39, 0.29) is 0 Å². The minimum Gasteiger partial charge on any atom is -0.497 e. The second-order valence-corrected chi connectivity index (χ2v) is 5.60. The van der Waals surface area contributed by atoms with Gasteiger partial charge in [0.25, 0.3) is 0 Å². The van der Waals surface area contributed by atoms with Gasteiger partial charge in [-0.3, -0.25) is 0 Å². The van der Waals surface area contributed by atoms with Crippen LogP contribution in [-0.4, -0.2) is 13.4 Å². The van der Waals surface area contributed by atoms with E-state index in [1.165, 1.54) is 16.0 Å². The zero-order chi connectivity index (χ0) is 14.4. The largest absolute Gasteiger partial charge is 0.497 e. The number of nitrogens with one attached hydrogen (secondary N) is 1. The highest BCUT2D eigenvalue weighted by Gasteiger charge is 2.05. The third-order valence-corrected chi connectivity index (χ3v) is 4.13. The Balaban J connectivity index is 1.91. The van der Waals surface area contributed by atoms with E-state index >= 15 is 0 Å². The molecule has 0 radical (unpaired) electrons. The van der Waals surface area contributed by atoms with Crippen LogP contribution in [0.25, 0.3) is 0 Å². The fourth-order valence-electron chi connectivity index (χ4n) is 2.02. The van der Waals surface area contributed by atoms with Crippen LogP contribution in [0.3, 0.4) is 0 Å². The first-order valence-corrected chi connectivity index (χ1v) is 7.95. The summed E-state index contributed by atoms with van der Waals surface area (Å²) in [6, 6.07) is 17.2. The van der Waals surface area contributed by atoms with E-state index in [9.17, 15) is 0 Å². The number of hydrogen-bond acceptors (Lipinski definition) is 3. The van der Waals surface area contributed by atoms with Crippen LogP contribution in [0.4, 0.5) is 0 Å². The number of methoxy groups -OCH3 is 1. The van der Waals surface area contributed by atoms with Crippen molar-refractivity contribution in [2.75, 3.05) is 13.4 Å². The monoisotopic (exact) mass is 287 g/mol. The molecule has 106 valence electrons. The van der Waals surface area contributed by atoms with Crippen molar-refractivity contribution in [2.24, 2.45) is 0 Å². The topological polar surface area (TPSA) is 21.3 Å². The summed E-state index contributed by atoms with van der Waals surface area (Å²) in [4.78, 5) is 1.30. The highest BCUT2D eigenvalue weighted by molar-refractivity contribution is 7.98. The maximum atomic E-state index is 5.18. The number of thioether (sulfide) groups is 1. The third kappa shape index (κ3) is 4.02. The predicted octanol–water partition coefficient (Wildman–Crippen LogP) is 4.27. The van der Waals surface area contributed by atoms with Gasteiger partial charge in [-0.05, 0) is 48.6 Å². The van der Waals surface area contributed by atoms with Crippen LogP contribution >= 0.6 is 11.8 Å². The Hall–Kier alpha value is -1.45. The molecule has 0 aliphatic carbocycles. The van der Waals surface area contributed by atoms with E-state index in [2.05, 4.69) is 54.9 Å². The Labute approximate surface area is 125 Å². The van der Waals surface area contributed by atoms with Crippen molar-refractivity contribution in [3.8, 4) is 5.75 Å². The quantitative estimate of drug-likeness (QED) is 0.802. The van der Waals surface area contributed by atoms with Crippen LogP contribution < -0.4 is 10.1 Å². The molecule has 0 aliphatic rings. The Morgan fingerprint density at radius 3 is 2.25 bits per heavy atom. The predicted molar refractivity (Wildman–Crippen MR) is 86.5 cm³/mol. The number of benzene rings is 2. The summed E-state index contributed by atoms with van der Waals surface area (Å²) in [7, 11) is 1.69. The molecule has 2 nitrogen and oxygen atoms in total. The lowest BCUT2D eigenvalue weighted by atomic mass is 10.1. The zero-order valence-electron chi connectivity index (χ0n) is 12.2. The highest BCUT2D eigenvalue weighted by atomic mass is 32.2. The highest BCUT2D eigenvalue weighted by Crippen LogP contribution is 2.18. The average molecular weight is 287 g/mol. The molecule has 0 aliphatic heterocycles. The van der Waals surface area contributed by atoms with E-state index in [4.69, 9.17) is 4.74 Å². The van der Waals surface area contributed by atoms with Gasteiger partial charge in [0.1, 0.15) is 5.75 Å². The summed E-state index contributed by atoms with van der Waals surface area (Å²) in [5.74, 6) is 0.897. The van der Waals surface area contributed by atoms with E-state index < -0.39 is 0 Å². The fourth-order valence-corrected chi connectivity index (χ4v) is 2.43. The SMILES string of the molecule is COc1ccc(C(C)NCc2ccc(SC)cc2)cc1. The molecule has 1 unspecified atom stereocenters. The van der Waals surface area contributed by atoms with Gasteiger partial charge < -0.3 is 10.1 Å². The second kappa shape index (κ2) is 7.36. The van der Waals surface area contributed by atoms with Gasteiger partial charge in [-0.15, -0.1) is 11.8 Å². The molecule has 0 amide bonds. The average Bonchev–Trinajstić information content (AvgIpc) is 2.53. The van der Waals surface area contributed by atoms with Crippen molar-refractivity contribution in [3.63, 3.8) is 0 Å². The van der Waals surface area contributed by atoms with Crippen LogP contribution in [0, 0.1) is 0 Å². The molecular weight excluding hydrogens is 266 g/mol. The fraction of sp³-hybridized carbons (Fsp3) is 0.294. The molecule has 0 fully saturated rings. The minimum absolute atomic E-state index is 0.320. The van der Waals surface area contributed by atoms with Crippen LogP contribution in [-0.2, 0) is 6.54 Å². The van der Waals surface area contributed by atoms with Gasteiger partial charge in [0.05, 0.1) is 7.11 Å². The standard InChI is InChI=1S/C17H21NOS/c1-13(15-6-8-16(19-2)9-7-15)18-12-14-4-10-17(20-3)11-5-14/h4-11,13,18H,12H2,1-3H3. The summed E-state index contributed by atoms with van der Waals surface area (Å²) < 4.78 is 5.18. The minimum atomic E-state index is 0.320. The van der Waals surface area contributed by atoms with E-state index in [0.29, 0.717) is 6.04 Å². The Bertz CT molecular complexity index is 522. The lowest BCUT2D eigenvalue weighted by Gasteiger charge is -2.15. The molecule has 1 atom stereocenters. The van der Waals surface area contributed by atoms with Gasteiger partial charge in [-0.1, -0.05) is 24.3 Å². The molecule has 0 aromatic heterocycles. The molecule has 3 heteroatoms. The van der Waals surface area contributed by atoms with E-state index in [1.54, 1.807) is 18.9 Å². The summed E-state index contributed by atoms with van der Waals surface area (Å²) in [6.07, 6.45) is 2.10. The Morgan fingerprint density at radius 1 is 1.05 bits per heavy atom. The zero-order valence-corrected chi connectivity index (χ0v) is 13.0. The Morgan fingerprint density at radius 2 is 1.70 bits per heavy atom. The molecule has 0 bridgehead atoms. The van der Waals surface area contributed by atoms with Gasteiger partial charge in [-0.2, -0.15) is 0 Å². The third-order valence-electron chi connectivity index (χ3n) is 3.39. The maximum Gasteiger partial charge on any atom is 0.118 e. The van der Waals surface area contributed by atoms with Crippen LogP contribution in [0.2, 0.25) is 0 Å². The molecule has 0 saturated heterocycles. The number of rotatable bonds is 6. The van der Waals surface area contributed by atoms with Gasteiger partial charge in [-0.25, -0.2) is 0 Å². The second-order valence-electron chi connectivity index (χ2n) is 4.72. The van der Waals surface area contributed by atoms with Crippen molar-refractivity contribution in [1.29, 1.82) is 0 Å². The first kappa shape index (κ1) is 14.9. The van der Waals surface area contributed by atoms with Crippen molar-refractivity contribution in [1.82, 2.24) is 5.32 Å². The van der Waals surface area contributed by atoms with Gasteiger partial charge in [0, 0.05) is 17.5 Å². The van der Waals surface area contributed by atoms with Crippen LogP contribution in [0.15, 0.2) is 53.4 Å². The van der Waals surface area contributed by atoms with Gasteiger partial charge >= 0.3 is 0 Å². The molecule has 1 N–H and O–H groups in total. The summed E-state index contributed by atoms with van der Waals surface area (Å²) in [6.45, 7) is 3.06. The summed E-state index contributed by atoms with van der Waals surface area (Å²) in [5, 5.41) is 3.54. The first-order valence-electron chi connectivity index (χ1n) is 6.73. The summed E-state index contributed by atoms with van der Waals surface area (Å²) >= 11 is 1.77. The molecular formula is C17H21NOS. The molecule has 0 heterocycles. The smallest absolute Gasteiger partial charge is 0.118 e. The summed E-state index contributed by atoms with van der Waals surface area (Å²) in [5.41, 5.74) is 2.58. The maximum absolute atomic E-state index is 5.18. The molecule has 2 rings (SSSR count). The van der Waals surface area contributed by atoms with Crippen molar-refractivity contribution >= 4 is 11.8 Å². The van der Waals surface area contributed by atoms with Gasteiger partial charge in [0.15, 0.2) is 0 Å². The normalized spacial score (nSPS) is 12.2. The van der Waals surface area contributed by atoms with Gasteiger partial charge in [0.2, 0.25) is 0 Å². The first-order chi connectivity index (χ1) is 9.72. The van der Waals surface area contributed by atoms with E-state index in [1.807, 2.05) is 12.1 Å². The lowest BCUT2D eigenvalue weighted by molar-refractivity contribution is 0.414. The molecule has 0 spiro atoms. The van der Waals surface area contributed by atoms with Crippen LogP contribution in [0.5, 0.6) is 5.75 Å². The van der Waals surface area contributed by atoms with Crippen molar-refractivity contribution in [2.45, 2.75) is 24.4 Å². The molecule has 0 saturated carbocycles. The molecule has 2 aromatic carbocycles. The van der Waals surface area contributed by atoms with Crippen molar-refractivity contribution in [3.05, 3.63) is 59.7 Å². The molecule has 20 heavy (non-hydrogen) atoms. The molecule has 2 aromatic rings. The lowest BCUT2D eigenvalue weighted by Crippen LogP contribution is -2.17. The number of hydrogen-bond donors (Lipinski definition) is 1.